The summed E-state index contributed by atoms with van der Waals surface area (Å²) >= 11 is 0. The summed E-state index contributed by atoms with van der Waals surface area (Å²) in [7, 11) is 0. The monoisotopic (exact) mass is 254 g/mol. The second kappa shape index (κ2) is 5.32. The molecule has 0 radical (unpaired) electrons. The van der Waals surface area contributed by atoms with Crippen molar-refractivity contribution in [3.63, 3.8) is 0 Å². The molecule has 4 heteroatoms. The van der Waals surface area contributed by atoms with Crippen LogP contribution in [-0.4, -0.2) is 6.29 Å². The van der Waals surface area contributed by atoms with Gasteiger partial charge in [-0.3, -0.25) is 4.79 Å². The number of rotatable bonds is 3. The molecule has 0 saturated heterocycles. The van der Waals surface area contributed by atoms with Crippen LogP contribution in [0.3, 0.4) is 0 Å². The molecule has 1 atom stereocenters. The van der Waals surface area contributed by atoms with Crippen LogP contribution in [-0.2, 0) is 0 Å². The number of hydrogen-bond acceptors (Lipinski definition) is 3. The van der Waals surface area contributed by atoms with Gasteiger partial charge in [-0.1, -0.05) is 12.1 Å². The van der Waals surface area contributed by atoms with Crippen molar-refractivity contribution >= 4 is 12.0 Å². The second-order valence-corrected chi connectivity index (χ2v) is 4.12. The van der Waals surface area contributed by atoms with Gasteiger partial charge in [0.2, 0.25) is 0 Å². The van der Waals surface area contributed by atoms with Crippen molar-refractivity contribution in [2.75, 3.05) is 5.73 Å². The second-order valence-electron chi connectivity index (χ2n) is 4.12. The molecule has 0 aliphatic heterocycles. The lowest BCUT2D eigenvalue weighted by Crippen LogP contribution is -2.03. The molecule has 2 aromatic rings. The highest BCUT2D eigenvalue weighted by molar-refractivity contribution is 5.78. The number of nitrogens with two attached hydrogens (primary N) is 1. The molecule has 0 bridgehead atoms. The summed E-state index contributed by atoms with van der Waals surface area (Å²) in [6.45, 7) is 0. The fourth-order valence-corrected chi connectivity index (χ4v) is 1.92. The van der Waals surface area contributed by atoms with E-state index < -0.39 is 11.7 Å². The van der Waals surface area contributed by atoms with Gasteiger partial charge in [0, 0.05) is 11.3 Å². The van der Waals surface area contributed by atoms with E-state index in [0.717, 1.165) is 0 Å². The molecule has 94 valence electrons. The zero-order valence-corrected chi connectivity index (χ0v) is 10.0. The average molecular weight is 254 g/mol. The first-order valence-corrected chi connectivity index (χ1v) is 5.65. The topological polar surface area (TPSA) is 66.9 Å². The Morgan fingerprint density at radius 2 is 1.89 bits per heavy atom. The summed E-state index contributed by atoms with van der Waals surface area (Å²) in [6, 6.07) is 12.6. The van der Waals surface area contributed by atoms with Gasteiger partial charge in [-0.15, -0.1) is 0 Å². The van der Waals surface area contributed by atoms with E-state index in [2.05, 4.69) is 6.07 Å². The summed E-state index contributed by atoms with van der Waals surface area (Å²) in [4.78, 5) is 11.0. The molecule has 2 aromatic carbocycles. The molecule has 3 nitrogen and oxygen atoms in total. The Bertz CT molecular complexity index is 644. The van der Waals surface area contributed by atoms with Crippen molar-refractivity contribution in [1.29, 1.82) is 5.26 Å². The maximum Gasteiger partial charge on any atom is 0.150 e. The molecular formula is C15H11FN2O. The summed E-state index contributed by atoms with van der Waals surface area (Å²) in [5.41, 5.74) is 7.51. The molecule has 1 unspecified atom stereocenters. The molecule has 19 heavy (non-hydrogen) atoms. The summed E-state index contributed by atoms with van der Waals surface area (Å²) in [5.74, 6) is -1.17. The zero-order chi connectivity index (χ0) is 13.8. The number of carbonyl (C=O) groups excluding carboxylic acids is 1. The SMILES string of the molecule is N#CC(c1ccc(N)cc1)c1cc(F)ccc1C=O. The molecule has 2 rings (SSSR count). The van der Waals surface area contributed by atoms with Gasteiger partial charge in [0.1, 0.15) is 12.1 Å². The first-order valence-electron chi connectivity index (χ1n) is 5.65. The number of carbonyl (C=O) groups is 1. The standard InChI is InChI=1S/C15H11FN2O/c16-12-4-1-11(9-19)14(7-12)15(8-17)10-2-5-13(18)6-3-10/h1-7,9,15H,18H2. The molecule has 0 spiro atoms. The molecular weight excluding hydrogens is 243 g/mol. The minimum Gasteiger partial charge on any atom is -0.399 e. The lowest BCUT2D eigenvalue weighted by atomic mass is 9.89. The van der Waals surface area contributed by atoms with Gasteiger partial charge in [0.15, 0.2) is 0 Å². The van der Waals surface area contributed by atoms with E-state index in [1.807, 2.05) is 0 Å². The molecule has 0 aliphatic rings. The summed E-state index contributed by atoms with van der Waals surface area (Å²) < 4.78 is 13.3. The molecule has 0 aromatic heterocycles. The number of hydrogen-bond donors (Lipinski definition) is 1. The van der Waals surface area contributed by atoms with Crippen LogP contribution in [0, 0.1) is 17.1 Å². The van der Waals surface area contributed by atoms with E-state index in [0.29, 0.717) is 28.7 Å². The first-order chi connectivity index (χ1) is 9.15. The normalized spacial score (nSPS) is 11.6. The Morgan fingerprint density at radius 3 is 2.47 bits per heavy atom. The van der Waals surface area contributed by atoms with Gasteiger partial charge < -0.3 is 5.73 Å². The van der Waals surface area contributed by atoms with Crippen molar-refractivity contribution in [2.24, 2.45) is 0 Å². The van der Waals surface area contributed by atoms with Crippen molar-refractivity contribution in [1.82, 2.24) is 0 Å². The fraction of sp³-hybridized carbons (Fsp3) is 0.0667. The minimum absolute atomic E-state index is 0.310. The zero-order valence-electron chi connectivity index (χ0n) is 10.0. The van der Waals surface area contributed by atoms with Crippen molar-refractivity contribution < 1.29 is 9.18 Å². The van der Waals surface area contributed by atoms with Crippen LogP contribution in [0.5, 0.6) is 0 Å². The molecule has 0 amide bonds. The number of aldehydes is 1. The van der Waals surface area contributed by atoms with E-state index in [1.165, 1.54) is 18.2 Å². The van der Waals surface area contributed by atoms with Crippen LogP contribution >= 0.6 is 0 Å². The van der Waals surface area contributed by atoms with Gasteiger partial charge in [-0.2, -0.15) is 5.26 Å². The van der Waals surface area contributed by atoms with Gasteiger partial charge >= 0.3 is 0 Å². The van der Waals surface area contributed by atoms with Crippen LogP contribution in [0.15, 0.2) is 42.5 Å². The maximum absolute atomic E-state index is 13.3. The van der Waals surface area contributed by atoms with Gasteiger partial charge in [0.05, 0.1) is 12.0 Å². The smallest absolute Gasteiger partial charge is 0.150 e. The van der Waals surface area contributed by atoms with Crippen molar-refractivity contribution in [3.05, 3.63) is 65.0 Å². The fourth-order valence-electron chi connectivity index (χ4n) is 1.92. The number of halogens is 1. The van der Waals surface area contributed by atoms with E-state index in [4.69, 9.17) is 5.73 Å². The Balaban J connectivity index is 2.54. The van der Waals surface area contributed by atoms with Crippen molar-refractivity contribution in [2.45, 2.75) is 5.92 Å². The number of nitriles is 1. The lowest BCUT2D eigenvalue weighted by Gasteiger charge is -2.12. The third kappa shape index (κ3) is 2.61. The Kier molecular flexibility index (Phi) is 3.58. The lowest BCUT2D eigenvalue weighted by molar-refractivity contribution is 0.112. The highest BCUT2D eigenvalue weighted by Gasteiger charge is 2.17. The van der Waals surface area contributed by atoms with Crippen LogP contribution in [0.1, 0.15) is 27.4 Å². The number of anilines is 1. The van der Waals surface area contributed by atoms with E-state index in [-0.39, 0.29) is 0 Å². The average Bonchev–Trinajstić information content (AvgIpc) is 2.42. The number of benzene rings is 2. The quantitative estimate of drug-likeness (QED) is 0.676. The predicted molar refractivity (Wildman–Crippen MR) is 70.1 cm³/mol. The maximum atomic E-state index is 13.3. The Morgan fingerprint density at radius 1 is 1.21 bits per heavy atom. The minimum atomic E-state index is -0.698. The number of nitrogen functional groups attached to an aromatic ring is 1. The van der Waals surface area contributed by atoms with E-state index in [9.17, 15) is 14.4 Å². The molecule has 0 saturated carbocycles. The summed E-state index contributed by atoms with van der Waals surface area (Å²) in [6.07, 6.45) is 0.621. The largest absolute Gasteiger partial charge is 0.399 e. The Hall–Kier alpha value is -2.67. The van der Waals surface area contributed by atoms with Gasteiger partial charge in [0.25, 0.3) is 0 Å². The first kappa shape index (κ1) is 12.8. The summed E-state index contributed by atoms with van der Waals surface area (Å²) in [5, 5.41) is 9.29. The number of nitrogens with zero attached hydrogens (tertiary/aromatic N) is 1. The Labute approximate surface area is 110 Å². The van der Waals surface area contributed by atoms with Gasteiger partial charge in [-0.05, 0) is 41.5 Å². The third-order valence-electron chi connectivity index (χ3n) is 2.89. The van der Waals surface area contributed by atoms with Crippen LogP contribution in [0.4, 0.5) is 10.1 Å². The van der Waals surface area contributed by atoms with Gasteiger partial charge in [-0.25, -0.2) is 4.39 Å². The van der Waals surface area contributed by atoms with Crippen LogP contribution < -0.4 is 5.73 Å². The highest BCUT2D eigenvalue weighted by atomic mass is 19.1. The van der Waals surface area contributed by atoms with Crippen molar-refractivity contribution in [3.8, 4) is 6.07 Å². The molecule has 0 fully saturated rings. The molecule has 0 aliphatic carbocycles. The highest BCUT2D eigenvalue weighted by Crippen LogP contribution is 2.27. The predicted octanol–water partition coefficient (Wildman–Crippen LogP) is 2.88. The van der Waals surface area contributed by atoms with E-state index in [1.54, 1.807) is 24.3 Å². The van der Waals surface area contributed by atoms with Crippen LogP contribution in [0.2, 0.25) is 0 Å². The van der Waals surface area contributed by atoms with Crippen LogP contribution in [0.25, 0.3) is 0 Å². The molecule has 0 heterocycles. The van der Waals surface area contributed by atoms with E-state index >= 15 is 0 Å². The third-order valence-corrected chi connectivity index (χ3v) is 2.89. The molecule has 2 N–H and O–H groups in total.